The topological polar surface area (TPSA) is 3.24 Å². The summed E-state index contributed by atoms with van der Waals surface area (Å²) in [6, 6.07) is 0. The van der Waals surface area contributed by atoms with E-state index in [0.717, 1.165) is 17.2 Å². The van der Waals surface area contributed by atoms with Crippen LogP contribution in [0, 0.1) is 11.8 Å². The van der Waals surface area contributed by atoms with E-state index in [1.807, 2.05) is 0 Å². The molecule has 84 valence electrons. The highest BCUT2D eigenvalue weighted by atomic mass is 79.9. The van der Waals surface area contributed by atoms with Crippen LogP contribution >= 0.6 is 27.7 Å². The van der Waals surface area contributed by atoms with Crippen molar-refractivity contribution >= 4 is 27.7 Å². The molecule has 1 aliphatic rings. The summed E-state index contributed by atoms with van der Waals surface area (Å²) in [5, 5.41) is 1.15. The Morgan fingerprint density at radius 1 is 1.29 bits per heavy atom. The molecule has 0 bridgehead atoms. The van der Waals surface area contributed by atoms with Gasteiger partial charge >= 0.3 is 0 Å². The number of alkyl halides is 1. The Morgan fingerprint density at radius 3 is 2.71 bits per heavy atom. The van der Waals surface area contributed by atoms with Crippen LogP contribution < -0.4 is 0 Å². The van der Waals surface area contributed by atoms with Gasteiger partial charge in [0, 0.05) is 24.2 Å². The van der Waals surface area contributed by atoms with Crippen molar-refractivity contribution in [2.24, 2.45) is 11.8 Å². The van der Waals surface area contributed by atoms with E-state index in [2.05, 4.69) is 46.4 Å². The van der Waals surface area contributed by atoms with Crippen molar-refractivity contribution < 1.29 is 0 Å². The van der Waals surface area contributed by atoms with Gasteiger partial charge in [0.15, 0.2) is 0 Å². The van der Waals surface area contributed by atoms with Crippen LogP contribution in [-0.4, -0.2) is 41.4 Å². The molecule has 0 aromatic heterocycles. The van der Waals surface area contributed by atoms with Gasteiger partial charge in [0.25, 0.3) is 0 Å². The molecule has 1 atom stereocenters. The number of rotatable bonds is 4. The van der Waals surface area contributed by atoms with Gasteiger partial charge in [0.2, 0.25) is 0 Å². The van der Waals surface area contributed by atoms with E-state index in [1.54, 1.807) is 0 Å². The van der Waals surface area contributed by atoms with Crippen LogP contribution in [0.1, 0.15) is 20.3 Å². The maximum Gasteiger partial charge on any atom is 0.00743 e. The molecule has 0 N–H and O–H groups in total. The Kier molecular flexibility index (Phi) is 6.55. The van der Waals surface area contributed by atoms with E-state index in [4.69, 9.17) is 0 Å². The van der Waals surface area contributed by atoms with Crippen molar-refractivity contribution in [1.29, 1.82) is 0 Å². The predicted octanol–water partition coefficient (Wildman–Crippen LogP) is 3.09. The maximum atomic E-state index is 3.63. The second kappa shape index (κ2) is 7.13. The average Bonchev–Trinajstić information content (AvgIpc) is 2.41. The monoisotopic (exact) mass is 279 g/mol. The smallest absolute Gasteiger partial charge is 0.00743 e. The lowest BCUT2D eigenvalue weighted by atomic mass is 9.97. The van der Waals surface area contributed by atoms with Crippen molar-refractivity contribution in [1.82, 2.24) is 4.90 Å². The van der Waals surface area contributed by atoms with E-state index in [1.165, 1.54) is 37.6 Å². The molecule has 1 nitrogen and oxygen atoms in total. The predicted molar refractivity (Wildman–Crippen MR) is 70.5 cm³/mol. The number of halogens is 1. The maximum absolute atomic E-state index is 3.63. The minimum absolute atomic E-state index is 0.797. The summed E-state index contributed by atoms with van der Waals surface area (Å²) in [4.78, 5) is 2.64. The number of nitrogens with zero attached hydrogens (tertiary/aromatic N) is 1. The van der Waals surface area contributed by atoms with Gasteiger partial charge < -0.3 is 4.90 Å². The van der Waals surface area contributed by atoms with Gasteiger partial charge in [-0.3, -0.25) is 0 Å². The molecule has 1 rings (SSSR count). The van der Waals surface area contributed by atoms with E-state index < -0.39 is 0 Å². The molecule has 0 aliphatic carbocycles. The molecule has 1 saturated heterocycles. The van der Waals surface area contributed by atoms with Crippen molar-refractivity contribution in [3.8, 4) is 0 Å². The first-order valence-corrected chi connectivity index (χ1v) is 7.87. The average molecular weight is 280 g/mol. The molecular formula is C11H22BrNS. The normalized spacial score (nSPS) is 22.3. The van der Waals surface area contributed by atoms with Gasteiger partial charge in [-0.2, -0.15) is 11.8 Å². The second-order valence-corrected chi connectivity index (χ2v) is 6.30. The molecule has 0 spiro atoms. The van der Waals surface area contributed by atoms with E-state index in [0.29, 0.717) is 0 Å². The Labute approximate surface area is 101 Å². The third-order valence-corrected chi connectivity index (χ3v) is 4.83. The van der Waals surface area contributed by atoms with Gasteiger partial charge in [0.05, 0.1) is 0 Å². The lowest BCUT2D eigenvalue weighted by Crippen LogP contribution is -2.34. The SMILES string of the molecule is CC(C)C(CBr)CN1CCCSCC1. The molecule has 1 aliphatic heterocycles. The molecule has 0 aromatic carbocycles. The highest BCUT2D eigenvalue weighted by Gasteiger charge is 2.17. The Morgan fingerprint density at radius 2 is 2.07 bits per heavy atom. The van der Waals surface area contributed by atoms with Crippen LogP contribution in [0.4, 0.5) is 0 Å². The molecule has 1 heterocycles. The number of hydrogen-bond acceptors (Lipinski definition) is 2. The van der Waals surface area contributed by atoms with Crippen molar-refractivity contribution in [2.75, 3.05) is 36.5 Å². The quantitative estimate of drug-likeness (QED) is 0.728. The van der Waals surface area contributed by atoms with Crippen LogP contribution in [0.5, 0.6) is 0 Å². The molecule has 0 radical (unpaired) electrons. The molecule has 1 unspecified atom stereocenters. The van der Waals surface area contributed by atoms with Gasteiger partial charge in [-0.1, -0.05) is 29.8 Å². The summed E-state index contributed by atoms with van der Waals surface area (Å²) in [6.07, 6.45) is 1.37. The first kappa shape index (κ1) is 12.9. The fraction of sp³-hybridized carbons (Fsp3) is 1.00. The summed E-state index contributed by atoms with van der Waals surface area (Å²) in [5.41, 5.74) is 0. The number of hydrogen-bond donors (Lipinski definition) is 0. The summed E-state index contributed by atoms with van der Waals surface area (Å²) in [7, 11) is 0. The molecule has 0 amide bonds. The lowest BCUT2D eigenvalue weighted by Gasteiger charge is -2.27. The molecule has 14 heavy (non-hydrogen) atoms. The van der Waals surface area contributed by atoms with Gasteiger partial charge in [-0.15, -0.1) is 0 Å². The summed E-state index contributed by atoms with van der Waals surface area (Å²) >= 11 is 5.74. The molecule has 0 saturated carbocycles. The fourth-order valence-electron chi connectivity index (χ4n) is 1.75. The number of thioether (sulfide) groups is 1. The van der Waals surface area contributed by atoms with E-state index in [9.17, 15) is 0 Å². The second-order valence-electron chi connectivity index (χ2n) is 4.42. The van der Waals surface area contributed by atoms with Gasteiger partial charge in [-0.05, 0) is 30.6 Å². The van der Waals surface area contributed by atoms with Crippen LogP contribution in [0.15, 0.2) is 0 Å². The van der Waals surface area contributed by atoms with E-state index in [-0.39, 0.29) is 0 Å². The highest BCUT2D eigenvalue weighted by molar-refractivity contribution is 9.09. The molecule has 3 heteroatoms. The van der Waals surface area contributed by atoms with Crippen molar-refractivity contribution in [3.63, 3.8) is 0 Å². The fourth-order valence-corrected chi connectivity index (χ4v) is 3.63. The first-order chi connectivity index (χ1) is 6.74. The standard InChI is InChI=1S/C11H22BrNS/c1-10(2)11(8-12)9-13-4-3-6-14-7-5-13/h10-11H,3-9H2,1-2H3. The third-order valence-electron chi connectivity index (χ3n) is 2.95. The van der Waals surface area contributed by atoms with Crippen LogP contribution in [0.3, 0.4) is 0 Å². The van der Waals surface area contributed by atoms with Gasteiger partial charge in [-0.25, -0.2) is 0 Å². The first-order valence-electron chi connectivity index (χ1n) is 5.60. The van der Waals surface area contributed by atoms with Crippen LogP contribution in [0.2, 0.25) is 0 Å². The zero-order valence-corrected chi connectivity index (χ0v) is 11.7. The Hall–Kier alpha value is 0.790. The van der Waals surface area contributed by atoms with Crippen LogP contribution in [0.25, 0.3) is 0 Å². The zero-order chi connectivity index (χ0) is 10.4. The third kappa shape index (κ3) is 4.54. The zero-order valence-electron chi connectivity index (χ0n) is 9.34. The largest absolute Gasteiger partial charge is 0.302 e. The highest BCUT2D eigenvalue weighted by Crippen LogP contribution is 2.17. The molecular weight excluding hydrogens is 258 g/mol. The van der Waals surface area contributed by atoms with Crippen LogP contribution in [-0.2, 0) is 0 Å². The summed E-state index contributed by atoms with van der Waals surface area (Å²) < 4.78 is 0. The van der Waals surface area contributed by atoms with Crippen molar-refractivity contribution in [2.45, 2.75) is 20.3 Å². The molecule has 0 aromatic rings. The Bertz CT molecular complexity index is 144. The lowest BCUT2D eigenvalue weighted by molar-refractivity contribution is 0.228. The summed E-state index contributed by atoms with van der Waals surface area (Å²) in [6.45, 7) is 8.55. The van der Waals surface area contributed by atoms with E-state index >= 15 is 0 Å². The summed E-state index contributed by atoms with van der Waals surface area (Å²) in [5.74, 6) is 4.30. The van der Waals surface area contributed by atoms with Gasteiger partial charge in [0.1, 0.15) is 0 Å². The minimum Gasteiger partial charge on any atom is -0.302 e. The van der Waals surface area contributed by atoms with Crippen molar-refractivity contribution in [3.05, 3.63) is 0 Å². The Balaban J connectivity index is 2.32. The molecule has 1 fully saturated rings. The minimum atomic E-state index is 0.797.